The van der Waals surface area contributed by atoms with E-state index in [0.717, 1.165) is 25.7 Å². The van der Waals surface area contributed by atoms with Gasteiger partial charge in [-0.05, 0) is 51.4 Å². The highest BCUT2D eigenvalue weighted by molar-refractivity contribution is 6.07. The second kappa shape index (κ2) is 7.32. The zero-order valence-corrected chi connectivity index (χ0v) is 15.3. The minimum absolute atomic E-state index is 0.0644. The van der Waals surface area contributed by atoms with E-state index >= 15 is 0 Å². The molecule has 1 spiro atoms. The number of hydrogen-bond donors (Lipinski definition) is 1. The predicted molar refractivity (Wildman–Crippen MR) is 91.5 cm³/mol. The van der Waals surface area contributed by atoms with Crippen molar-refractivity contribution >= 4 is 17.9 Å². The number of nitrogens with zero attached hydrogens (tertiary/aromatic N) is 2. The number of ether oxygens (including phenoxy) is 1. The lowest BCUT2D eigenvalue weighted by atomic mass is 9.77. The summed E-state index contributed by atoms with van der Waals surface area (Å²) in [5.74, 6) is 0.348. The number of piperidine rings is 1. The van der Waals surface area contributed by atoms with Gasteiger partial charge in [0.15, 0.2) is 0 Å². The number of imide groups is 1. The molecule has 7 nitrogen and oxygen atoms in total. The van der Waals surface area contributed by atoms with E-state index in [-0.39, 0.29) is 23.8 Å². The quantitative estimate of drug-likeness (QED) is 0.616. The molecule has 3 fully saturated rings. The molecule has 0 aromatic carbocycles. The Balaban J connectivity index is 1.54. The van der Waals surface area contributed by atoms with Crippen molar-refractivity contribution in [3.05, 3.63) is 0 Å². The molecule has 0 aromatic heterocycles. The van der Waals surface area contributed by atoms with Crippen LogP contribution in [0.4, 0.5) is 4.79 Å². The molecule has 0 radical (unpaired) electrons. The van der Waals surface area contributed by atoms with E-state index in [0.29, 0.717) is 45.1 Å². The molecule has 25 heavy (non-hydrogen) atoms. The molecule has 140 valence electrons. The molecule has 2 heterocycles. The van der Waals surface area contributed by atoms with Crippen LogP contribution in [0.15, 0.2) is 0 Å². The third-order valence-corrected chi connectivity index (χ3v) is 5.92. The van der Waals surface area contributed by atoms with Crippen molar-refractivity contribution in [3.63, 3.8) is 0 Å². The van der Waals surface area contributed by atoms with Gasteiger partial charge in [-0.1, -0.05) is 6.92 Å². The van der Waals surface area contributed by atoms with E-state index in [1.165, 1.54) is 4.90 Å². The lowest BCUT2D eigenvalue weighted by molar-refractivity contribution is -0.150. The summed E-state index contributed by atoms with van der Waals surface area (Å²) in [6, 6.07) is -0.271. The fourth-order valence-corrected chi connectivity index (χ4v) is 4.17. The largest absolute Gasteiger partial charge is 0.466 e. The zero-order chi connectivity index (χ0) is 18.0. The van der Waals surface area contributed by atoms with Gasteiger partial charge in [0.25, 0.3) is 5.91 Å². The van der Waals surface area contributed by atoms with Gasteiger partial charge in [0, 0.05) is 13.1 Å². The number of amides is 3. The number of rotatable bonds is 4. The molecule has 0 bridgehead atoms. The van der Waals surface area contributed by atoms with Crippen LogP contribution in [0.5, 0.6) is 0 Å². The third-order valence-electron chi connectivity index (χ3n) is 5.92. The van der Waals surface area contributed by atoms with Crippen molar-refractivity contribution in [1.29, 1.82) is 0 Å². The van der Waals surface area contributed by atoms with Gasteiger partial charge in [0.2, 0.25) is 0 Å². The predicted octanol–water partition coefficient (Wildman–Crippen LogP) is 1.72. The minimum atomic E-state index is -0.674. The van der Waals surface area contributed by atoms with Gasteiger partial charge in [-0.25, -0.2) is 9.69 Å². The maximum Gasteiger partial charge on any atom is 0.326 e. The summed E-state index contributed by atoms with van der Waals surface area (Å²) in [5, 5.41) is 2.96. The van der Waals surface area contributed by atoms with Crippen molar-refractivity contribution in [3.8, 4) is 0 Å². The topological polar surface area (TPSA) is 79.0 Å². The summed E-state index contributed by atoms with van der Waals surface area (Å²) in [5.41, 5.74) is -0.674. The summed E-state index contributed by atoms with van der Waals surface area (Å²) in [6.45, 7) is 6.13. The van der Waals surface area contributed by atoms with Crippen LogP contribution in [-0.2, 0) is 14.3 Å². The summed E-state index contributed by atoms with van der Waals surface area (Å²) in [4.78, 5) is 40.5. The summed E-state index contributed by atoms with van der Waals surface area (Å²) >= 11 is 0. The summed E-state index contributed by atoms with van der Waals surface area (Å²) in [6.07, 6.45) is 4.85. The van der Waals surface area contributed by atoms with Gasteiger partial charge in [0.1, 0.15) is 5.54 Å². The fraction of sp³-hybridized carbons (Fsp3) is 0.833. The van der Waals surface area contributed by atoms with Crippen molar-refractivity contribution in [2.24, 2.45) is 11.8 Å². The van der Waals surface area contributed by atoms with Crippen molar-refractivity contribution < 1.29 is 19.1 Å². The van der Waals surface area contributed by atoms with Crippen LogP contribution in [0.25, 0.3) is 0 Å². The van der Waals surface area contributed by atoms with Crippen molar-refractivity contribution in [2.75, 3.05) is 26.4 Å². The molecule has 7 heteroatoms. The Kier molecular flexibility index (Phi) is 5.32. The van der Waals surface area contributed by atoms with Crippen LogP contribution in [0.1, 0.15) is 52.4 Å². The average Bonchev–Trinajstić information content (AvgIpc) is 2.83. The van der Waals surface area contributed by atoms with Crippen molar-refractivity contribution in [2.45, 2.75) is 57.9 Å². The molecule has 3 amide bonds. The lowest BCUT2D eigenvalue weighted by Crippen LogP contribution is -2.50. The highest BCUT2D eigenvalue weighted by Crippen LogP contribution is 2.36. The van der Waals surface area contributed by atoms with E-state index in [1.807, 2.05) is 6.92 Å². The molecule has 1 aliphatic carbocycles. The Labute approximate surface area is 149 Å². The molecule has 0 atom stereocenters. The van der Waals surface area contributed by atoms with E-state index in [4.69, 9.17) is 4.74 Å². The smallest absolute Gasteiger partial charge is 0.326 e. The average molecular weight is 351 g/mol. The highest BCUT2D eigenvalue weighted by Gasteiger charge is 2.52. The van der Waals surface area contributed by atoms with E-state index in [9.17, 15) is 14.4 Å². The maximum absolute atomic E-state index is 12.9. The van der Waals surface area contributed by atoms with Crippen LogP contribution >= 0.6 is 0 Å². The number of urea groups is 1. The minimum Gasteiger partial charge on any atom is -0.466 e. The first kappa shape index (κ1) is 18.2. The third kappa shape index (κ3) is 3.66. The van der Waals surface area contributed by atoms with Crippen LogP contribution in [-0.4, -0.2) is 59.6 Å². The van der Waals surface area contributed by atoms with E-state index in [2.05, 4.69) is 17.1 Å². The number of esters is 1. The lowest BCUT2D eigenvalue weighted by Gasteiger charge is -2.35. The first-order valence-electron chi connectivity index (χ1n) is 9.48. The highest BCUT2D eigenvalue weighted by atomic mass is 16.5. The number of carbonyl (C=O) groups is 3. The standard InChI is InChI=1S/C18H29N3O4/c1-3-25-15(22)14-6-10-20(11-7-14)12-21-16(23)18(19-17(21)24)8-4-13(2)5-9-18/h13-14H,3-12H2,1-2H3,(H,19,24). The van der Waals surface area contributed by atoms with Gasteiger partial charge < -0.3 is 10.1 Å². The second-order valence-electron chi connectivity index (χ2n) is 7.71. The van der Waals surface area contributed by atoms with Gasteiger partial charge in [-0.15, -0.1) is 0 Å². The van der Waals surface area contributed by atoms with E-state index in [1.54, 1.807) is 0 Å². The molecule has 2 saturated heterocycles. The summed E-state index contributed by atoms with van der Waals surface area (Å²) < 4.78 is 5.08. The molecule has 2 aliphatic heterocycles. The van der Waals surface area contributed by atoms with Crippen LogP contribution in [0, 0.1) is 11.8 Å². The Morgan fingerprint density at radius 3 is 2.44 bits per heavy atom. The first-order valence-corrected chi connectivity index (χ1v) is 9.48. The number of likely N-dealkylation sites (tertiary alicyclic amines) is 1. The Hall–Kier alpha value is -1.63. The molecular weight excluding hydrogens is 322 g/mol. The molecule has 1 N–H and O–H groups in total. The normalized spacial score (nSPS) is 31.4. The monoisotopic (exact) mass is 351 g/mol. The second-order valence-corrected chi connectivity index (χ2v) is 7.71. The Morgan fingerprint density at radius 1 is 1.20 bits per heavy atom. The van der Waals surface area contributed by atoms with Crippen LogP contribution in [0.3, 0.4) is 0 Å². The molecule has 3 rings (SSSR count). The summed E-state index contributed by atoms with van der Waals surface area (Å²) in [7, 11) is 0. The van der Waals surface area contributed by atoms with Crippen LogP contribution in [0.2, 0.25) is 0 Å². The Bertz CT molecular complexity index is 534. The van der Waals surface area contributed by atoms with Gasteiger partial charge in [-0.3, -0.25) is 14.5 Å². The molecule has 0 aromatic rings. The molecular formula is C18H29N3O4. The SMILES string of the molecule is CCOC(=O)C1CCN(CN2C(=O)NC3(CCC(C)CC3)C2=O)CC1. The molecule has 0 unspecified atom stereocenters. The van der Waals surface area contributed by atoms with Crippen molar-refractivity contribution in [1.82, 2.24) is 15.1 Å². The Morgan fingerprint density at radius 2 is 1.84 bits per heavy atom. The van der Waals surface area contributed by atoms with Crippen LogP contribution < -0.4 is 5.32 Å². The molecule has 1 saturated carbocycles. The first-order chi connectivity index (χ1) is 11.9. The zero-order valence-electron chi connectivity index (χ0n) is 15.3. The fourth-order valence-electron chi connectivity index (χ4n) is 4.17. The number of hydrogen-bond acceptors (Lipinski definition) is 5. The van der Waals surface area contributed by atoms with Gasteiger partial charge in [0.05, 0.1) is 19.2 Å². The number of carbonyl (C=O) groups excluding carboxylic acids is 3. The van der Waals surface area contributed by atoms with E-state index < -0.39 is 5.54 Å². The molecule has 3 aliphatic rings. The van der Waals surface area contributed by atoms with Gasteiger partial charge in [-0.2, -0.15) is 0 Å². The number of nitrogens with one attached hydrogen (secondary N) is 1. The maximum atomic E-state index is 12.9. The van der Waals surface area contributed by atoms with Gasteiger partial charge >= 0.3 is 12.0 Å².